The van der Waals surface area contributed by atoms with E-state index in [9.17, 15) is 31.2 Å². The molecule has 1 saturated carbocycles. The number of amides is 2. The average Bonchev–Trinajstić information content (AvgIpc) is 3.51. The third kappa shape index (κ3) is 7.83. The number of rotatable bonds is 6. The Kier molecular flexibility index (Phi) is 9.75. The molecule has 2 aliphatic rings. The summed E-state index contributed by atoms with van der Waals surface area (Å²) in [7, 11) is -3.96. The van der Waals surface area contributed by atoms with Gasteiger partial charge in [-0.1, -0.05) is 54.6 Å². The zero-order valence-electron chi connectivity index (χ0n) is 28.2. The molecule has 0 spiro atoms. The number of alkyl halides is 3. The molecule has 1 aliphatic heterocycles. The maximum Gasteiger partial charge on any atom is 0.417 e. The zero-order valence-corrected chi connectivity index (χ0v) is 29.0. The van der Waals surface area contributed by atoms with Gasteiger partial charge in [0.2, 0.25) is 15.9 Å². The molecule has 1 saturated heterocycles. The largest absolute Gasteiger partial charge is 0.444 e. The number of sulfonamides is 1. The molecule has 266 valence electrons. The Labute approximate surface area is 289 Å². The maximum atomic E-state index is 13.9. The first-order valence-corrected chi connectivity index (χ1v) is 18.2. The molecule has 1 aliphatic carbocycles. The van der Waals surface area contributed by atoms with Crippen LogP contribution in [0.5, 0.6) is 0 Å². The van der Waals surface area contributed by atoms with E-state index in [0.29, 0.717) is 56.2 Å². The Balaban J connectivity index is 1.11. The minimum Gasteiger partial charge on any atom is -0.444 e. The fourth-order valence-electron chi connectivity index (χ4n) is 6.86. The first kappa shape index (κ1) is 35.5. The van der Waals surface area contributed by atoms with Crippen molar-refractivity contribution in [1.29, 1.82) is 0 Å². The Morgan fingerprint density at radius 3 is 2.24 bits per heavy atom. The maximum absolute atomic E-state index is 13.9. The van der Waals surface area contributed by atoms with Gasteiger partial charge in [0.1, 0.15) is 5.60 Å². The minimum atomic E-state index is -4.55. The average molecular weight is 711 g/mol. The number of ether oxygens (including phenoxy) is 1. The quantitative estimate of drug-likeness (QED) is 0.215. The highest BCUT2D eigenvalue weighted by Gasteiger charge is 2.39. The van der Waals surface area contributed by atoms with Crippen molar-refractivity contribution in [2.75, 3.05) is 19.6 Å². The number of carbonyl (C=O) groups excluding carboxylic acids is 2. The van der Waals surface area contributed by atoms with E-state index in [1.54, 1.807) is 17.0 Å². The second-order valence-corrected chi connectivity index (χ2v) is 15.7. The number of hydrogen-bond acceptors (Lipinski definition) is 5. The highest BCUT2D eigenvalue weighted by molar-refractivity contribution is 7.89. The molecule has 13 heteroatoms. The summed E-state index contributed by atoms with van der Waals surface area (Å²) in [6.45, 7) is 6.46. The van der Waals surface area contributed by atoms with Crippen molar-refractivity contribution in [2.24, 2.45) is 5.92 Å². The van der Waals surface area contributed by atoms with E-state index in [2.05, 4.69) is 9.71 Å². The fraction of sp³-hybridized carbons (Fsp3) is 0.405. The van der Waals surface area contributed by atoms with E-state index in [1.807, 2.05) is 56.0 Å². The lowest BCUT2D eigenvalue weighted by Crippen LogP contribution is -2.54. The third-order valence-corrected chi connectivity index (χ3v) is 10.8. The number of nitrogens with one attached hydrogen (secondary N) is 2. The summed E-state index contributed by atoms with van der Waals surface area (Å²) in [5.41, 5.74) is 0.107. The van der Waals surface area contributed by atoms with Crippen molar-refractivity contribution in [3.8, 4) is 11.3 Å². The molecule has 4 aromatic rings. The normalized spacial score (nSPS) is 20.6. The number of H-pyrrole nitrogens is 1. The second kappa shape index (κ2) is 13.7. The zero-order chi connectivity index (χ0) is 35.8. The number of nitrogens with zero attached hydrogens (tertiary/aromatic N) is 2. The van der Waals surface area contributed by atoms with E-state index in [4.69, 9.17) is 4.74 Å². The van der Waals surface area contributed by atoms with Crippen molar-refractivity contribution < 1.29 is 35.9 Å². The lowest BCUT2D eigenvalue weighted by Gasteiger charge is -2.43. The van der Waals surface area contributed by atoms with Crippen LogP contribution >= 0.6 is 0 Å². The molecule has 50 heavy (non-hydrogen) atoms. The van der Waals surface area contributed by atoms with Gasteiger partial charge in [-0.25, -0.2) is 17.9 Å². The van der Waals surface area contributed by atoms with Crippen LogP contribution < -0.4 is 4.72 Å². The van der Waals surface area contributed by atoms with Crippen LogP contribution in [0.3, 0.4) is 0 Å². The molecule has 1 aromatic heterocycles. The molecule has 0 unspecified atom stereocenters. The lowest BCUT2D eigenvalue weighted by molar-refractivity contribution is -0.142. The van der Waals surface area contributed by atoms with Crippen LogP contribution in [0.25, 0.3) is 22.2 Å². The van der Waals surface area contributed by atoms with Crippen molar-refractivity contribution in [3.05, 3.63) is 90.0 Å². The summed E-state index contributed by atoms with van der Waals surface area (Å²) in [5.74, 6) is -0.299. The van der Waals surface area contributed by atoms with Crippen molar-refractivity contribution in [2.45, 2.75) is 75.2 Å². The predicted molar refractivity (Wildman–Crippen MR) is 184 cm³/mol. The van der Waals surface area contributed by atoms with E-state index in [1.165, 1.54) is 30.3 Å². The van der Waals surface area contributed by atoms with Gasteiger partial charge in [-0.15, -0.1) is 0 Å². The Morgan fingerprint density at radius 1 is 0.880 bits per heavy atom. The van der Waals surface area contributed by atoms with E-state index >= 15 is 0 Å². The summed E-state index contributed by atoms with van der Waals surface area (Å²) >= 11 is 0. The van der Waals surface area contributed by atoms with Crippen molar-refractivity contribution in [1.82, 2.24) is 19.5 Å². The van der Waals surface area contributed by atoms with Gasteiger partial charge in [-0.05, 0) is 76.3 Å². The monoisotopic (exact) mass is 710 g/mol. The molecule has 0 bridgehead atoms. The summed E-state index contributed by atoms with van der Waals surface area (Å²) in [4.78, 5) is 33.3. The van der Waals surface area contributed by atoms with Gasteiger partial charge in [0.05, 0.1) is 16.5 Å². The van der Waals surface area contributed by atoms with Gasteiger partial charge >= 0.3 is 12.3 Å². The van der Waals surface area contributed by atoms with Gasteiger partial charge in [0, 0.05) is 53.8 Å². The Bertz CT molecular complexity index is 1970. The number of hydrogen-bond donors (Lipinski definition) is 2. The van der Waals surface area contributed by atoms with Crippen LogP contribution in [0.4, 0.5) is 18.0 Å². The Morgan fingerprint density at radius 2 is 1.56 bits per heavy atom. The van der Waals surface area contributed by atoms with Crippen LogP contribution in [-0.2, 0) is 25.7 Å². The molecule has 2 heterocycles. The number of aromatic nitrogens is 1. The molecule has 2 N–H and O–H groups in total. The molecule has 6 rings (SSSR count). The highest BCUT2D eigenvalue weighted by atomic mass is 32.2. The highest BCUT2D eigenvalue weighted by Crippen LogP contribution is 2.38. The number of aromatic amines is 1. The molecule has 2 fully saturated rings. The number of benzene rings is 3. The van der Waals surface area contributed by atoms with E-state index in [-0.39, 0.29) is 40.1 Å². The van der Waals surface area contributed by atoms with Crippen LogP contribution in [0.2, 0.25) is 0 Å². The van der Waals surface area contributed by atoms with Gasteiger partial charge in [-0.3, -0.25) is 4.79 Å². The van der Waals surface area contributed by atoms with Gasteiger partial charge < -0.3 is 19.5 Å². The molecule has 9 nitrogen and oxygen atoms in total. The topological polar surface area (TPSA) is 112 Å². The summed E-state index contributed by atoms with van der Waals surface area (Å²) in [6.07, 6.45) is -3.04. The van der Waals surface area contributed by atoms with Gasteiger partial charge in [-0.2, -0.15) is 13.2 Å². The smallest absolute Gasteiger partial charge is 0.417 e. The van der Waals surface area contributed by atoms with Crippen molar-refractivity contribution in [3.63, 3.8) is 0 Å². The van der Waals surface area contributed by atoms with Crippen LogP contribution in [-0.4, -0.2) is 66.5 Å². The SMILES string of the molecule is CC(C)(C)OC(=O)N1CCN(C(=O)[C@H]2CC[C@H](NS(=O)(=O)c3ccc4cc(-c5ccccc5C(F)(F)F)[nH]c4c3)CC2)[C@@H](c2ccccc2)C1. The molecule has 0 radical (unpaired) electrons. The van der Waals surface area contributed by atoms with E-state index in [0.717, 1.165) is 11.6 Å². The minimum absolute atomic E-state index is 0.00531. The van der Waals surface area contributed by atoms with Gasteiger partial charge in [0.15, 0.2) is 0 Å². The Hall–Kier alpha value is -4.36. The number of fused-ring (bicyclic) bond motifs is 1. The molecule has 3 aromatic carbocycles. The number of piperazine rings is 1. The summed E-state index contributed by atoms with van der Waals surface area (Å²) in [6, 6.07) is 20.1. The molecule has 2 amide bonds. The molecule has 1 atom stereocenters. The second-order valence-electron chi connectivity index (χ2n) is 14.0. The van der Waals surface area contributed by atoms with Crippen LogP contribution in [0.1, 0.15) is 63.6 Å². The lowest BCUT2D eigenvalue weighted by atomic mass is 9.85. The van der Waals surface area contributed by atoms with Crippen LogP contribution in [0, 0.1) is 5.92 Å². The first-order chi connectivity index (χ1) is 23.6. The third-order valence-electron chi connectivity index (χ3n) is 9.32. The number of halogens is 3. The van der Waals surface area contributed by atoms with Crippen molar-refractivity contribution >= 4 is 32.9 Å². The fourth-order valence-corrected chi connectivity index (χ4v) is 8.19. The predicted octanol–water partition coefficient (Wildman–Crippen LogP) is 7.51. The summed E-state index contributed by atoms with van der Waals surface area (Å²) in [5, 5.41) is 0.579. The van der Waals surface area contributed by atoms with Crippen LogP contribution in [0.15, 0.2) is 83.8 Å². The van der Waals surface area contributed by atoms with E-state index < -0.39 is 33.5 Å². The van der Waals surface area contributed by atoms with Gasteiger partial charge in [0.25, 0.3) is 0 Å². The standard InChI is InChI=1S/C37H41F3N4O5S/c1-36(2,3)49-35(46)43-19-20-44(33(23-43)24-9-5-4-6-10-24)34(45)25-13-16-27(17-14-25)42-50(47,48)28-18-15-26-21-32(41-31(26)22-28)29-11-7-8-12-30(29)37(38,39)40/h4-12,15,18,21-22,25,27,33,41-42H,13-14,16-17,19-20,23H2,1-3H3/t25-,27-,33-/m1/s1. The molecular formula is C37H41F3N4O5S. The summed E-state index contributed by atoms with van der Waals surface area (Å²) < 4.78 is 76.2. The number of carbonyl (C=O) groups is 2. The first-order valence-electron chi connectivity index (χ1n) is 16.7. The molecular weight excluding hydrogens is 669 g/mol.